The first kappa shape index (κ1) is 57.6. The molecule has 0 aromatic heterocycles. The highest BCUT2D eigenvalue weighted by Gasteiger charge is 2.19. The lowest BCUT2D eigenvalue weighted by molar-refractivity contribution is -0.167. The van der Waals surface area contributed by atoms with Gasteiger partial charge in [0.1, 0.15) is 13.2 Å². The molecule has 0 aromatic carbocycles. The molecule has 6 heteroatoms. The lowest BCUT2D eigenvalue weighted by Gasteiger charge is -2.18. The first-order valence-corrected chi connectivity index (χ1v) is 25.2. The zero-order valence-corrected chi connectivity index (χ0v) is 39.7. The molecule has 1 atom stereocenters. The van der Waals surface area contributed by atoms with Crippen LogP contribution in [-0.4, -0.2) is 37.2 Å². The lowest BCUT2D eigenvalue weighted by atomic mass is 10.1. The second kappa shape index (κ2) is 49.2. The van der Waals surface area contributed by atoms with Crippen LogP contribution in [0.15, 0.2) is 85.1 Å². The molecule has 0 saturated carbocycles. The number of carbonyl (C=O) groups excluding carboxylic acids is 3. The Hall–Kier alpha value is -3.41. The third-order valence-corrected chi connectivity index (χ3v) is 10.5. The van der Waals surface area contributed by atoms with Gasteiger partial charge in [0.15, 0.2) is 6.10 Å². The SMILES string of the molecule is CC\C=C/C=C\C=C/C=C\C=C/CCCC(=O)OC(COC(=O)CCCCCCC/C=C\CCCCC)COC(=O)CCCCCCC/C=C\CCCCCCCCCCC. The highest BCUT2D eigenvalue weighted by Crippen LogP contribution is 2.13. The molecule has 0 heterocycles. The molecule has 0 aromatic rings. The number of ether oxygens (including phenoxy) is 3. The maximum absolute atomic E-state index is 12.7. The van der Waals surface area contributed by atoms with Crippen LogP contribution in [0.5, 0.6) is 0 Å². The Balaban J connectivity index is 4.46. The Bertz CT molecular complexity index is 1200. The molecule has 0 saturated heterocycles. The van der Waals surface area contributed by atoms with E-state index in [1.54, 1.807) is 0 Å². The van der Waals surface area contributed by atoms with Gasteiger partial charge in [0.2, 0.25) is 0 Å². The fourth-order valence-corrected chi connectivity index (χ4v) is 6.70. The molecule has 0 N–H and O–H groups in total. The van der Waals surface area contributed by atoms with E-state index in [2.05, 4.69) is 51.2 Å². The minimum atomic E-state index is -0.819. The number of rotatable bonds is 44. The maximum atomic E-state index is 12.7. The van der Waals surface area contributed by atoms with Gasteiger partial charge in [0, 0.05) is 19.3 Å². The van der Waals surface area contributed by atoms with Crippen molar-refractivity contribution in [3.63, 3.8) is 0 Å². The molecule has 0 aliphatic heterocycles. The zero-order valence-electron chi connectivity index (χ0n) is 39.7. The van der Waals surface area contributed by atoms with E-state index in [4.69, 9.17) is 14.2 Å². The van der Waals surface area contributed by atoms with Crippen LogP contribution in [0.25, 0.3) is 0 Å². The van der Waals surface area contributed by atoms with E-state index in [1.165, 1.54) is 103 Å². The molecule has 6 nitrogen and oxygen atoms in total. The second-order valence-electron chi connectivity index (χ2n) is 16.5. The zero-order chi connectivity index (χ0) is 44.4. The van der Waals surface area contributed by atoms with Crippen molar-refractivity contribution < 1.29 is 28.6 Å². The van der Waals surface area contributed by atoms with Gasteiger partial charge in [-0.1, -0.05) is 209 Å². The quantitative estimate of drug-likeness (QED) is 0.0200. The van der Waals surface area contributed by atoms with Crippen molar-refractivity contribution in [3.05, 3.63) is 85.1 Å². The number of allylic oxidation sites excluding steroid dienone is 14. The van der Waals surface area contributed by atoms with E-state index in [0.29, 0.717) is 19.3 Å². The minimum Gasteiger partial charge on any atom is -0.462 e. The van der Waals surface area contributed by atoms with Crippen molar-refractivity contribution in [2.24, 2.45) is 0 Å². The van der Waals surface area contributed by atoms with Crippen molar-refractivity contribution in [2.75, 3.05) is 13.2 Å². The Morgan fingerprint density at radius 3 is 1.11 bits per heavy atom. The smallest absolute Gasteiger partial charge is 0.306 e. The molecule has 0 aliphatic carbocycles. The van der Waals surface area contributed by atoms with Crippen LogP contribution >= 0.6 is 0 Å². The van der Waals surface area contributed by atoms with Crippen LogP contribution in [-0.2, 0) is 28.6 Å². The van der Waals surface area contributed by atoms with Crippen LogP contribution in [0.1, 0.15) is 226 Å². The number of hydrogen-bond donors (Lipinski definition) is 0. The van der Waals surface area contributed by atoms with Gasteiger partial charge >= 0.3 is 17.9 Å². The van der Waals surface area contributed by atoms with Gasteiger partial charge in [-0.25, -0.2) is 0 Å². The summed E-state index contributed by atoms with van der Waals surface area (Å²) in [6.07, 6.45) is 62.9. The first-order valence-electron chi connectivity index (χ1n) is 25.2. The molecule has 0 spiro atoms. The molecule has 348 valence electrons. The normalized spacial score (nSPS) is 12.8. The summed E-state index contributed by atoms with van der Waals surface area (Å²) in [6, 6.07) is 0. The molecule has 0 radical (unpaired) electrons. The van der Waals surface area contributed by atoms with Crippen molar-refractivity contribution in [3.8, 4) is 0 Å². The Morgan fingerprint density at radius 1 is 0.344 bits per heavy atom. The molecule has 0 aliphatic rings. The summed E-state index contributed by atoms with van der Waals surface area (Å²) < 4.78 is 16.7. The largest absolute Gasteiger partial charge is 0.462 e. The predicted octanol–water partition coefficient (Wildman–Crippen LogP) is 16.4. The van der Waals surface area contributed by atoms with Crippen LogP contribution in [0, 0.1) is 0 Å². The second-order valence-corrected chi connectivity index (χ2v) is 16.5. The molecule has 61 heavy (non-hydrogen) atoms. The first-order chi connectivity index (χ1) is 30.0. The summed E-state index contributed by atoms with van der Waals surface area (Å²) in [4.78, 5) is 37.9. The van der Waals surface area contributed by atoms with Gasteiger partial charge in [-0.3, -0.25) is 14.4 Å². The number of carbonyl (C=O) groups is 3. The molecular weight excluding hydrogens is 757 g/mol. The average Bonchev–Trinajstić information content (AvgIpc) is 3.26. The number of hydrogen-bond acceptors (Lipinski definition) is 6. The third kappa shape index (κ3) is 47.5. The van der Waals surface area contributed by atoms with Crippen LogP contribution in [0.2, 0.25) is 0 Å². The Kier molecular flexibility index (Phi) is 46.5. The van der Waals surface area contributed by atoms with Crippen LogP contribution in [0.4, 0.5) is 0 Å². The van der Waals surface area contributed by atoms with E-state index in [1.807, 2.05) is 54.7 Å². The van der Waals surface area contributed by atoms with Crippen LogP contribution in [0.3, 0.4) is 0 Å². The highest BCUT2D eigenvalue weighted by molar-refractivity contribution is 5.71. The molecule has 0 amide bonds. The Labute approximate surface area is 375 Å². The van der Waals surface area contributed by atoms with Gasteiger partial charge < -0.3 is 14.2 Å². The Morgan fingerprint density at radius 2 is 0.672 bits per heavy atom. The monoisotopic (exact) mass is 849 g/mol. The molecule has 0 fully saturated rings. The van der Waals surface area contributed by atoms with Gasteiger partial charge in [-0.05, 0) is 83.5 Å². The van der Waals surface area contributed by atoms with Gasteiger partial charge in [0.05, 0.1) is 0 Å². The van der Waals surface area contributed by atoms with Crippen LogP contribution < -0.4 is 0 Å². The number of unbranched alkanes of at least 4 members (excludes halogenated alkanes) is 23. The van der Waals surface area contributed by atoms with E-state index in [9.17, 15) is 14.4 Å². The molecule has 0 bridgehead atoms. The van der Waals surface area contributed by atoms with Gasteiger partial charge in [-0.15, -0.1) is 0 Å². The fourth-order valence-electron chi connectivity index (χ4n) is 6.70. The lowest BCUT2D eigenvalue weighted by Crippen LogP contribution is -2.30. The summed E-state index contributed by atoms with van der Waals surface area (Å²) in [6.45, 7) is 6.38. The van der Waals surface area contributed by atoms with Gasteiger partial charge in [0.25, 0.3) is 0 Å². The molecular formula is C55H92O6. The van der Waals surface area contributed by atoms with Crippen molar-refractivity contribution in [2.45, 2.75) is 232 Å². The topological polar surface area (TPSA) is 78.9 Å². The minimum absolute atomic E-state index is 0.113. The standard InChI is InChI=1S/C55H92O6/c1-4-7-10-13-16-19-22-25-26-27-28-29-31-33-36-39-42-45-48-54(57)60-51-52(50-59-53(56)47-44-41-38-35-32-24-21-18-15-12-9-6-3)61-55(58)49-46-43-40-37-34-30-23-20-17-14-11-8-5-2/h8,11,14,17-18,20-21,23,28-30,34,37,40,52H,4-7,9-10,12-13,15-16,19,22,24-27,31-33,35-36,38-39,41-51H2,1-3H3/b11-8-,17-14-,21-18-,23-20-,29-28-,34-30-,40-37-. The predicted molar refractivity (Wildman–Crippen MR) is 261 cm³/mol. The summed E-state index contributed by atoms with van der Waals surface area (Å²) in [7, 11) is 0. The summed E-state index contributed by atoms with van der Waals surface area (Å²) >= 11 is 0. The van der Waals surface area contributed by atoms with Crippen molar-refractivity contribution in [1.29, 1.82) is 0 Å². The van der Waals surface area contributed by atoms with E-state index < -0.39 is 6.10 Å². The van der Waals surface area contributed by atoms with E-state index in [-0.39, 0.29) is 37.5 Å². The highest BCUT2D eigenvalue weighted by atomic mass is 16.6. The van der Waals surface area contributed by atoms with Gasteiger partial charge in [-0.2, -0.15) is 0 Å². The number of esters is 3. The van der Waals surface area contributed by atoms with Crippen molar-refractivity contribution in [1.82, 2.24) is 0 Å². The van der Waals surface area contributed by atoms with Crippen molar-refractivity contribution >= 4 is 17.9 Å². The maximum Gasteiger partial charge on any atom is 0.306 e. The molecule has 0 rings (SSSR count). The molecule has 1 unspecified atom stereocenters. The van der Waals surface area contributed by atoms with E-state index >= 15 is 0 Å². The van der Waals surface area contributed by atoms with E-state index in [0.717, 1.165) is 77.0 Å². The average molecular weight is 849 g/mol. The summed E-state index contributed by atoms with van der Waals surface area (Å²) in [5.41, 5.74) is 0. The summed E-state index contributed by atoms with van der Waals surface area (Å²) in [5.74, 6) is -1.01. The third-order valence-electron chi connectivity index (χ3n) is 10.5. The summed E-state index contributed by atoms with van der Waals surface area (Å²) in [5, 5.41) is 0. The fraction of sp³-hybridized carbons (Fsp3) is 0.691.